The van der Waals surface area contributed by atoms with Crippen LogP contribution in [0.4, 0.5) is 13.2 Å². The number of fused-ring (bicyclic) bond motifs is 2. The summed E-state index contributed by atoms with van der Waals surface area (Å²) in [5, 5.41) is 24.2. The molecule has 8 rings (SSSR count). The number of ether oxygens (including phenoxy) is 2. The SMILES string of the molecule is C=C1C(=O)[C@]23[C@H](OC(=O)C4CCN(S(=O)(=O)c5ccc(C(F)(F)F)cc5)CC4)[C@H]1CC[C@H]2[C@@]12CO[C@@]3(O)[C@@H](O)[C@@H]1C(C)(C)CCC2=O. The zero-order chi connectivity index (χ0) is 34.1. The number of halogens is 3. The van der Waals surface area contributed by atoms with E-state index in [2.05, 4.69) is 6.58 Å². The van der Waals surface area contributed by atoms with Gasteiger partial charge in [0, 0.05) is 31.3 Å². The van der Waals surface area contributed by atoms with E-state index in [1.807, 2.05) is 13.8 Å². The van der Waals surface area contributed by atoms with Gasteiger partial charge < -0.3 is 19.7 Å². The number of sulfonamides is 1. The normalized spacial score (nSPS) is 40.2. The van der Waals surface area contributed by atoms with E-state index in [0.717, 1.165) is 16.4 Å². The summed E-state index contributed by atoms with van der Waals surface area (Å²) in [6, 6.07) is 3.21. The number of esters is 1. The summed E-state index contributed by atoms with van der Waals surface area (Å²) in [4.78, 5) is 41.6. The van der Waals surface area contributed by atoms with E-state index >= 15 is 0 Å². The van der Waals surface area contributed by atoms with Gasteiger partial charge in [0.2, 0.25) is 15.8 Å². The lowest BCUT2D eigenvalue weighted by atomic mass is 9.36. The van der Waals surface area contributed by atoms with E-state index < -0.39 is 91.4 Å². The van der Waals surface area contributed by atoms with E-state index in [1.54, 1.807) is 0 Å². The number of rotatable bonds is 4. The maximum atomic E-state index is 14.3. The molecule has 1 aromatic rings. The Morgan fingerprint density at radius 2 is 1.72 bits per heavy atom. The van der Waals surface area contributed by atoms with Crippen LogP contribution < -0.4 is 0 Å². The molecule has 0 radical (unpaired) electrons. The fourth-order valence-corrected chi connectivity index (χ4v) is 11.8. The van der Waals surface area contributed by atoms with Gasteiger partial charge in [-0.15, -0.1) is 0 Å². The molecule has 0 amide bonds. The number of Topliss-reactive ketones (excluding diaryl/α,β-unsaturated/α-hetero) is 2. The maximum absolute atomic E-state index is 14.3. The van der Waals surface area contributed by atoms with Gasteiger partial charge in [0.15, 0.2) is 5.78 Å². The standard InChI is InChI=1S/C33H38F3NO9S/c1-17-21-8-9-22-30-16-45-32(42,26(40)24(30)29(2,3)13-10-23(30)38)31(22,25(17)39)27(21)46-28(41)18-11-14-37(15-12-18)47(43,44)20-6-4-19(5-7-20)33(34,35)36/h4-7,18,21-22,24,26-27,40,42H,1,8-16H2,2-3H3/t21-,22-,24+,26-,27+,30+,31-,32-/m0/s1. The van der Waals surface area contributed by atoms with Gasteiger partial charge in [-0.1, -0.05) is 20.4 Å². The fourth-order valence-electron chi connectivity index (χ4n) is 10.3. The van der Waals surface area contributed by atoms with Crippen molar-refractivity contribution < 1.29 is 55.7 Å². The molecule has 2 spiro atoms. The zero-order valence-corrected chi connectivity index (χ0v) is 26.9. The summed E-state index contributed by atoms with van der Waals surface area (Å²) >= 11 is 0. The Bertz CT molecular complexity index is 1670. The number of aliphatic hydroxyl groups excluding tert-OH is 1. The second-order valence-corrected chi connectivity index (χ2v) is 16.8. The van der Waals surface area contributed by atoms with Crippen molar-refractivity contribution in [2.75, 3.05) is 19.7 Å². The Kier molecular flexibility index (Phi) is 7.13. The second kappa shape index (κ2) is 10.2. The van der Waals surface area contributed by atoms with Crippen LogP contribution in [0.3, 0.4) is 0 Å². The van der Waals surface area contributed by atoms with E-state index in [1.165, 1.54) is 0 Å². The molecule has 0 aromatic heterocycles. The van der Waals surface area contributed by atoms with Crippen LogP contribution in [0, 0.1) is 39.9 Å². The molecule has 14 heteroatoms. The molecular formula is C33H38F3NO9S. The average molecular weight is 682 g/mol. The van der Waals surface area contributed by atoms with Gasteiger partial charge in [0.1, 0.15) is 23.4 Å². The molecule has 4 aliphatic carbocycles. The Morgan fingerprint density at radius 1 is 1.09 bits per heavy atom. The van der Waals surface area contributed by atoms with Gasteiger partial charge in [-0.05, 0) is 73.3 Å². The molecule has 256 valence electrons. The Hall–Kier alpha value is -2.65. The van der Waals surface area contributed by atoms with Crippen molar-refractivity contribution in [3.05, 3.63) is 42.0 Å². The third-order valence-electron chi connectivity index (χ3n) is 12.5. The first-order valence-corrected chi connectivity index (χ1v) is 17.5. The third-order valence-corrected chi connectivity index (χ3v) is 14.4. The van der Waals surface area contributed by atoms with Gasteiger partial charge >= 0.3 is 12.1 Å². The van der Waals surface area contributed by atoms with Crippen LogP contribution in [0.1, 0.15) is 57.9 Å². The number of piperidine rings is 1. The smallest absolute Gasteiger partial charge is 0.416 e. The average Bonchev–Trinajstić information content (AvgIpc) is 3.13. The van der Waals surface area contributed by atoms with Crippen LogP contribution >= 0.6 is 0 Å². The first kappa shape index (κ1) is 32.9. The summed E-state index contributed by atoms with van der Waals surface area (Å²) in [5.74, 6) is -6.74. The third kappa shape index (κ3) is 4.11. The van der Waals surface area contributed by atoms with Crippen LogP contribution in [0.2, 0.25) is 0 Å². The molecule has 7 aliphatic rings. The summed E-state index contributed by atoms with van der Waals surface area (Å²) in [6.07, 6.45) is -5.91. The van der Waals surface area contributed by atoms with Gasteiger partial charge in [-0.2, -0.15) is 17.5 Å². The summed E-state index contributed by atoms with van der Waals surface area (Å²) in [7, 11) is -4.14. The minimum Gasteiger partial charge on any atom is -0.460 e. The number of hydrogen-bond acceptors (Lipinski definition) is 9. The Labute approximate surface area is 270 Å². The van der Waals surface area contributed by atoms with E-state index in [4.69, 9.17) is 9.47 Å². The minimum absolute atomic E-state index is 0.0451. The molecule has 4 bridgehead atoms. The zero-order valence-electron chi connectivity index (χ0n) is 26.1. The van der Waals surface area contributed by atoms with E-state index in [-0.39, 0.29) is 55.2 Å². The number of benzene rings is 1. The van der Waals surface area contributed by atoms with Crippen molar-refractivity contribution in [2.45, 2.75) is 81.4 Å². The van der Waals surface area contributed by atoms with Crippen molar-refractivity contribution in [2.24, 2.45) is 39.9 Å². The predicted molar refractivity (Wildman–Crippen MR) is 156 cm³/mol. The van der Waals surface area contributed by atoms with Gasteiger partial charge in [-0.3, -0.25) is 14.4 Å². The highest BCUT2D eigenvalue weighted by atomic mass is 32.2. The number of ketones is 2. The fraction of sp³-hybridized carbons (Fsp3) is 0.667. The number of carbonyl (C=O) groups is 3. The monoisotopic (exact) mass is 681 g/mol. The molecule has 1 aromatic carbocycles. The minimum atomic E-state index is -4.61. The topological polar surface area (TPSA) is 148 Å². The van der Waals surface area contributed by atoms with Crippen molar-refractivity contribution in [3.8, 4) is 0 Å². The van der Waals surface area contributed by atoms with E-state index in [0.29, 0.717) is 31.4 Å². The molecule has 0 unspecified atom stereocenters. The molecule has 7 fully saturated rings. The van der Waals surface area contributed by atoms with Crippen LogP contribution in [-0.2, 0) is 40.1 Å². The van der Waals surface area contributed by atoms with E-state index in [9.17, 15) is 46.2 Å². The highest BCUT2D eigenvalue weighted by Gasteiger charge is 2.88. The second-order valence-electron chi connectivity index (χ2n) is 14.9. The lowest BCUT2D eigenvalue weighted by Crippen LogP contribution is -2.85. The number of alkyl halides is 3. The Balaban J connectivity index is 1.15. The van der Waals surface area contributed by atoms with Crippen molar-refractivity contribution in [1.82, 2.24) is 4.31 Å². The molecule has 10 nitrogen and oxygen atoms in total. The largest absolute Gasteiger partial charge is 0.460 e. The molecular weight excluding hydrogens is 643 g/mol. The molecule has 2 N–H and O–H groups in total. The van der Waals surface area contributed by atoms with Crippen LogP contribution in [0.15, 0.2) is 41.3 Å². The summed E-state index contributed by atoms with van der Waals surface area (Å²) in [6.45, 7) is 7.52. The number of nitrogens with zero attached hydrogens (tertiary/aromatic N) is 1. The lowest BCUT2D eigenvalue weighted by molar-refractivity contribution is -0.437. The molecule has 3 aliphatic heterocycles. The van der Waals surface area contributed by atoms with Crippen LogP contribution in [-0.4, -0.2) is 78.2 Å². The quantitative estimate of drug-likeness (QED) is 0.361. The number of hydrogen-bond donors (Lipinski definition) is 2. The molecule has 8 atom stereocenters. The van der Waals surface area contributed by atoms with Gasteiger partial charge in [-0.25, -0.2) is 8.42 Å². The molecule has 3 saturated heterocycles. The van der Waals surface area contributed by atoms with Crippen LogP contribution in [0.5, 0.6) is 0 Å². The van der Waals surface area contributed by atoms with Crippen molar-refractivity contribution in [3.63, 3.8) is 0 Å². The van der Waals surface area contributed by atoms with Crippen molar-refractivity contribution in [1.29, 1.82) is 0 Å². The van der Waals surface area contributed by atoms with Gasteiger partial charge in [0.05, 0.1) is 28.4 Å². The molecule has 4 saturated carbocycles. The predicted octanol–water partition coefficient (Wildman–Crippen LogP) is 3.25. The highest BCUT2D eigenvalue weighted by Crippen LogP contribution is 2.76. The van der Waals surface area contributed by atoms with Crippen molar-refractivity contribution >= 4 is 27.6 Å². The number of aliphatic hydroxyl groups is 2. The first-order valence-electron chi connectivity index (χ1n) is 16.0. The molecule has 3 heterocycles. The molecule has 47 heavy (non-hydrogen) atoms. The summed E-state index contributed by atoms with van der Waals surface area (Å²) < 4.78 is 78.5. The maximum Gasteiger partial charge on any atom is 0.416 e. The summed E-state index contributed by atoms with van der Waals surface area (Å²) in [5.41, 5.74) is -4.58. The first-order chi connectivity index (χ1) is 21.8. The number of carbonyl (C=O) groups excluding carboxylic acids is 3. The highest BCUT2D eigenvalue weighted by molar-refractivity contribution is 7.89. The van der Waals surface area contributed by atoms with Crippen LogP contribution in [0.25, 0.3) is 0 Å². The lowest BCUT2D eigenvalue weighted by Gasteiger charge is -2.73. The van der Waals surface area contributed by atoms with Gasteiger partial charge in [0.25, 0.3) is 0 Å². The Morgan fingerprint density at radius 3 is 2.34 bits per heavy atom.